The number of methoxy groups -OCH3 is 2. The number of carboxylic acids is 1. The minimum atomic E-state index is -3.83. The molecule has 118 heavy (non-hydrogen) atoms. The Bertz CT molecular complexity index is 4520. The fraction of sp³-hybridized carbons (Fsp3) is 0.566. The number of alkyl halides is 1. The number of rotatable bonds is 41. The number of aryl methyl sites for hydroxylation is 1. The Balaban J connectivity index is 0.792. The summed E-state index contributed by atoms with van der Waals surface area (Å²) in [4.78, 5) is 147. The summed E-state index contributed by atoms with van der Waals surface area (Å²) in [5.41, 5.74) is 0.207. The van der Waals surface area contributed by atoms with Crippen molar-refractivity contribution in [1.29, 1.82) is 0 Å². The predicted octanol–water partition coefficient (Wildman–Crippen LogP) is -0.0231. The number of aromatic hydroxyl groups is 1. The second-order valence-electron chi connectivity index (χ2n) is 29.3. The van der Waals surface area contributed by atoms with E-state index >= 15 is 0 Å². The molecule has 5 aliphatic heterocycles. The molecule has 0 aromatic heterocycles. The zero-order chi connectivity index (χ0) is 85.7. The van der Waals surface area contributed by atoms with Crippen molar-refractivity contribution in [1.82, 2.24) is 36.4 Å². The average Bonchev–Trinajstić information content (AvgIpc) is 1.47. The Hall–Kier alpha value is -9.44. The monoisotopic (exact) mass is 1740 g/mol. The average molecular weight is 1740 g/mol. The Labute approximate surface area is 686 Å². The summed E-state index contributed by atoms with van der Waals surface area (Å²) in [6.45, 7) is 1.82. The molecule has 4 aromatic rings. The number of unbranched alkanes of at least 4 members (excludes halogenated alkanes) is 1. The Morgan fingerprint density at radius 3 is 2.14 bits per heavy atom. The quantitative estimate of drug-likeness (QED) is 0.00913. The summed E-state index contributed by atoms with van der Waals surface area (Å²) in [6, 6.07) is 9.78. The first kappa shape index (κ1) is 90.9. The van der Waals surface area contributed by atoms with Crippen LogP contribution in [0, 0.1) is 6.92 Å². The van der Waals surface area contributed by atoms with Crippen molar-refractivity contribution in [2.75, 3.05) is 103 Å². The summed E-state index contributed by atoms with van der Waals surface area (Å²) < 4.78 is 99.0. The number of carbonyl (C=O) groups is 11. The van der Waals surface area contributed by atoms with Gasteiger partial charge in [-0.2, -0.15) is 0 Å². The van der Waals surface area contributed by atoms with Gasteiger partial charge in [-0.3, -0.25) is 48.2 Å². The summed E-state index contributed by atoms with van der Waals surface area (Å²) in [7, 11) is 0.526. The fourth-order valence-corrected chi connectivity index (χ4v) is 16.2. The number of aliphatic hydroxyl groups excluding tert-OH is 4. The Kier molecular flexibility index (Phi) is 30.5. The maximum Gasteiger partial charge on any atom is 0.411 e. The van der Waals surface area contributed by atoms with Crippen LogP contribution in [0.2, 0.25) is 5.82 Å². The molecule has 4 unspecified atom stereocenters. The smallest absolute Gasteiger partial charge is 0.411 e. The van der Waals surface area contributed by atoms with E-state index in [-0.39, 0.29) is 142 Å². The highest BCUT2D eigenvalue weighted by atomic mass is 79.9. The largest absolute Gasteiger partial charge is 0.506 e. The van der Waals surface area contributed by atoms with Crippen LogP contribution in [0.4, 0.5) is 15.3 Å². The van der Waals surface area contributed by atoms with Crippen LogP contribution in [-0.2, 0) is 110 Å². The second-order valence-corrected chi connectivity index (χ2v) is 32.2. The van der Waals surface area contributed by atoms with Crippen molar-refractivity contribution in [2.24, 2.45) is 0 Å². The normalized spacial score (nSPS) is 24.3. The molecule has 0 radical (unpaired) electrons. The minimum absolute atomic E-state index is 0.00394. The molecule has 0 saturated carbocycles. The standard InChI is InChI=1S/C76H98BBrN8O31S/c1-39-32-47-56(57(92)55-46(61(47)106-4)10-9-12-50(55)88)62-54(39)63-65-76(107-5,116-62)74(36-78,112-38-85(25-31-118(6,104)105)73(103)111-35-43-15-19-45(20-16-43)113-71-60(95)58(93)59(94)64(114-71)70(100)101)75(115-63,117-65)37-80-72(102)110-34-42-13-17-44(18-14-42)83-67(97)41(3)81-66(96)40(2)82-68(98)49(11-7-8-23-79-51(89)21-27-109-30-26-87)84-52(90)22-28-108-29-24-86-53(91)33-48(77)69(86)99/h13-20,32,40-41,48-49,58-60,63-65,71,87,92-95H,7-12,21-31,33-38,77H2,1-6H3,(H,79,89)(H,80,102)(H,81,96)(H,82,98)(H,83,97)(H,84,90)(H,100,101)/t40-,41-,48?,49-,58-,59-,60+,63?,64-,65?,71+,74+,75?,76+/m0/s1. The number of Topliss-reactive ketones (excluding diaryl/α,β-unsaturated/α-hetero) is 1. The van der Waals surface area contributed by atoms with Crippen LogP contribution in [0.3, 0.4) is 0 Å². The SMILES string of the molecule is BC1CC(=O)N(CCOCCC(=O)N[C@@H](CCCCNC(=O)CCOCCO)C(=O)N[C@@H](C)C(=O)N[C@@H](C)C(=O)Nc2ccc(COC(=O)NCC34OC5c6c(C)cc7c(OC)c8c(c(O)c7c6O[C@](OC)(C5O3)[C@]4(CBr)OCN(CCS(C)(=O)=O)C(=O)OCc3ccc(O[C@@H]4O[C@H](C(=O)O)[C@@H](O)[C@H](O)[C@H]4O)cc3)C(=O)CCC8)cc2)C1=O. The van der Waals surface area contributed by atoms with Crippen molar-refractivity contribution >= 4 is 115 Å². The number of fused-ring (bicyclic) bond motifs is 6. The van der Waals surface area contributed by atoms with Crippen molar-refractivity contribution < 1.29 is 149 Å². The zero-order valence-corrected chi connectivity index (χ0v) is 68.3. The third kappa shape index (κ3) is 20.4. The van der Waals surface area contributed by atoms with Gasteiger partial charge in [-0.05, 0) is 99.9 Å². The number of likely N-dealkylation sites (tertiary alicyclic amines) is 1. The molecule has 4 fully saturated rings. The number of alkyl carbamates (subject to hydrolysis) is 1. The second kappa shape index (κ2) is 39.6. The van der Waals surface area contributed by atoms with E-state index in [0.29, 0.717) is 64.6 Å². The predicted molar refractivity (Wildman–Crippen MR) is 415 cm³/mol. The summed E-state index contributed by atoms with van der Waals surface area (Å²) in [5.74, 6) is -11.2. The van der Waals surface area contributed by atoms with E-state index in [2.05, 4.69) is 47.8 Å². The van der Waals surface area contributed by atoms with Gasteiger partial charge in [0.25, 0.3) is 5.79 Å². The van der Waals surface area contributed by atoms with Crippen LogP contribution in [0.5, 0.6) is 23.0 Å². The highest BCUT2D eigenvalue weighted by Gasteiger charge is 2.86. The molecule has 14 atom stereocenters. The number of hydrogen-bond donors (Lipinski definition) is 12. The highest BCUT2D eigenvalue weighted by Crippen LogP contribution is 2.68. The number of carboxylic acid groups (broad SMARTS) is 1. The first-order chi connectivity index (χ1) is 56.1. The lowest BCUT2D eigenvalue weighted by Gasteiger charge is -2.55. The number of imide groups is 1. The maximum absolute atomic E-state index is 14.4. The molecule has 12 N–H and O–H groups in total. The Morgan fingerprint density at radius 2 is 1.48 bits per heavy atom. The molecule has 4 saturated heterocycles. The van der Waals surface area contributed by atoms with Crippen LogP contribution in [-0.4, -0.2) is 292 Å². The van der Waals surface area contributed by atoms with Crippen molar-refractivity contribution in [3.05, 3.63) is 88.0 Å². The van der Waals surface area contributed by atoms with Crippen LogP contribution in [0.15, 0.2) is 54.6 Å². The van der Waals surface area contributed by atoms with Gasteiger partial charge in [0.2, 0.25) is 59.0 Å². The lowest BCUT2D eigenvalue weighted by atomic mass is 9.76. The number of hydrogen-bond acceptors (Lipinski definition) is 30. The van der Waals surface area contributed by atoms with E-state index in [1.807, 2.05) is 0 Å². The van der Waals surface area contributed by atoms with Crippen LogP contribution < -0.4 is 46.1 Å². The van der Waals surface area contributed by atoms with E-state index in [1.165, 1.54) is 76.6 Å². The molecule has 9 amide bonds. The van der Waals surface area contributed by atoms with E-state index in [0.717, 1.165) is 16.1 Å². The van der Waals surface area contributed by atoms with Crippen molar-refractivity contribution in [2.45, 2.75) is 176 Å². The minimum Gasteiger partial charge on any atom is -0.506 e. The molecule has 6 aliphatic rings. The molecular weight excluding hydrogens is 1640 g/mol. The number of phenols is 1. The number of benzene rings is 4. The first-order valence-corrected chi connectivity index (χ1v) is 41.4. The molecule has 42 heteroatoms. The molecule has 644 valence electrons. The number of nitrogens with zero attached hydrogens (tertiary/aromatic N) is 2. The van der Waals surface area contributed by atoms with E-state index in [4.69, 9.17) is 61.9 Å². The third-order valence-electron chi connectivity index (χ3n) is 21.0. The molecule has 39 nitrogen and oxygen atoms in total. The van der Waals surface area contributed by atoms with Gasteiger partial charge in [0.15, 0.2) is 18.0 Å². The van der Waals surface area contributed by atoms with E-state index in [9.17, 15) is 86.7 Å². The molecule has 10 rings (SSSR count). The number of ether oxygens (including phenoxy) is 12. The number of ketones is 1. The van der Waals surface area contributed by atoms with Crippen LogP contribution >= 0.6 is 15.9 Å². The number of amides is 9. The summed E-state index contributed by atoms with van der Waals surface area (Å²) in [5, 5.41) is 77.6. The third-order valence-corrected chi connectivity index (χ3v) is 22.7. The number of aliphatic carboxylic acids is 1. The molecule has 0 spiro atoms. The molecule has 1 aliphatic carbocycles. The summed E-state index contributed by atoms with van der Waals surface area (Å²) in [6.07, 6.45) is -11.3. The molecule has 4 aromatic carbocycles. The fourth-order valence-electron chi connectivity index (χ4n) is 14.7. The number of halogens is 1. The lowest BCUT2D eigenvalue weighted by Crippen LogP contribution is -2.76. The molecule has 5 heterocycles. The van der Waals surface area contributed by atoms with Gasteiger partial charge in [-0.15, -0.1) is 0 Å². The topological polar surface area (TPSA) is 533 Å². The number of sulfone groups is 1. The molecule has 2 bridgehead atoms. The van der Waals surface area contributed by atoms with Gasteiger partial charge < -0.3 is 119 Å². The number of aliphatic hydroxyl groups is 4. The van der Waals surface area contributed by atoms with Gasteiger partial charge in [0.05, 0.1) is 69.9 Å². The highest BCUT2D eigenvalue weighted by molar-refractivity contribution is 9.09. The van der Waals surface area contributed by atoms with Gasteiger partial charge in [-0.1, -0.05) is 40.2 Å². The molecular formula is C76H98BBrN8O31S. The first-order valence-electron chi connectivity index (χ1n) is 38.2. The number of anilines is 1. The van der Waals surface area contributed by atoms with Crippen molar-refractivity contribution in [3.8, 4) is 23.0 Å². The summed E-state index contributed by atoms with van der Waals surface area (Å²) >= 11 is 3.60. The number of nitrogens with one attached hydrogen (secondary N) is 6. The van der Waals surface area contributed by atoms with Crippen LogP contribution in [0.25, 0.3) is 10.8 Å². The van der Waals surface area contributed by atoms with Gasteiger partial charge >= 0.3 is 18.2 Å². The maximum atomic E-state index is 14.4. The van der Waals surface area contributed by atoms with Crippen LogP contribution in [0.1, 0.15) is 109 Å². The van der Waals surface area contributed by atoms with E-state index in [1.54, 1.807) is 20.8 Å². The number of carbonyl (C=O) groups excluding carboxylic acids is 10. The van der Waals surface area contributed by atoms with Crippen molar-refractivity contribution in [3.63, 3.8) is 0 Å². The number of phenolic OH excluding ortho intramolecular Hbond substituents is 1. The Morgan fingerprint density at radius 1 is 0.814 bits per heavy atom. The zero-order valence-electron chi connectivity index (χ0n) is 65.9. The van der Waals surface area contributed by atoms with Gasteiger partial charge in [0, 0.05) is 85.5 Å². The van der Waals surface area contributed by atoms with Gasteiger partial charge in [0.1, 0.15) is 103 Å². The lowest BCUT2D eigenvalue weighted by molar-refractivity contribution is -0.360. The van der Waals surface area contributed by atoms with E-state index < -0.39 is 174 Å². The van der Waals surface area contributed by atoms with Gasteiger partial charge in [-0.25, -0.2) is 22.8 Å².